The van der Waals surface area contributed by atoms with E-state index in [0.717, 1.165) is 0 Å². The number of rotatable bonds is 3. The smallest absolute Gasteiger partial charge is 0.293 e. The van der Waals surface area contributed by atoms with Crippen LogP contribution in [0.3, 0.4) is 0 Å². The highest BCUT2D eigenvalue weighted by molar-refractivity contribution is 6.46. The first kappa shape index (κ1) is 15.6. The van der Waals surface area contributed by atoms with E-state index in [-0.39, 0.29) is 22.8 Å². The van der Waals surface area contributed by atoms with Crippen molar-refractivity contribution in [2.45, 2.75) is 6.04 Å². The highest BCUT2D eigenvalue weighted by atomic mass is 16.5. The van der Waals surface area contributed by atoms with Crippen molar-refractivity contribution in [2.75, 3.05) is 7.11 Å². The third-order valence-electron chi connectivity index (χ3n) is 3.85. The van der Waals surface area contributed by atoms with Gasteiger partial charge in [0.05, 0.1) is 18.7 Å². The monoisotopic (exact) mass is 325 g/mol. The molecule has 24 heavy (non-hydrogen) atoms. The van der Waals surface area contributed by atoms with Crippen LogP contribution in [0.1, 0.15) is 17.2 Å². The first-order chi connectivity index (χ1) is 11.5. The van der Waals surface area contributed by atoms with Gasteiger partial charge in [-0.25, -0.2) is 0 Å². The Bertz CT molecular complexity index is 842. The summed E-state index contributed by atoms with van der Waals surface area (Å²) < 4.78 is 5.05. The summed E-state index contributed by atoms with van der Waals surface area (Å²) in [5.74, 6) is -1.68. The zero-order valence-corrected chi connectivity index (χ0v) is 12.8. The van der Waals surface area contributed by atoms with Crippen LogP contribution in [0.5, 0.6) is 11.5 Å². The largest absolute Gasteiger partial charge is 0.507 e. The van der Waals surface area contributed by atoms with Crippen LogP contribution in [0.4, 0.5) is 0 Å². The number of carbonyl (C=O) groups is 2. The number of phenolic OH excluding ortho intramolecular Hbond substituents is 1. The maximum atomic E-state index is 12.2. The van der Waals surface area contributed by atoms with E-state index in [1.807, 2.05) is 0 Å². The molecule has 0 aromatic heterocycles. The van der Waals surface area contributed by atoms with E-state index in [4.69, 9.17) is 4.74 Å². The minimum Gasteiger partial charge on any atom is -0.507 e. The van der Waals surface area contributed by atoms with Crippen LogP contribution >= 0.6 is 0 Å². The number of hydrogen-bond acceptors (Lipinski definition) is 5. The van der Waals surface area contributed by atoms with Crippen molar-refractivity contribution in [2.24, 2.45) is 0 Å². The van der Waals surface area contributed by atoms with Crippen LogP contribution in [-0.2, 0) is 9.59 Å². The number of aliphatic hydroxyl groups excluding tert-OH is 1. The minimum absolute atomic E-state index is 0.0288. The normalized spacial score (nSPS) is 19.1. The van der Waals surface area contributed by atoms with Gasteiger partial charge in [-0.3, -0.25) is 9.59 Å². The zero-order valence-electron chi connectivity index (χ0n) is 12.8. The van der Waals surface area contributed by atoms with E-state index in [2.05, 4.69) is 5.32 Å². The lowest BCUT2D eigenvalue weighted by atomic mass is 9.95. The molecule has 6 heteroatoms. The molecule has 0 radical (unpaired) electrons. The number of nitrogens with one attached hydrogen (secondary N) is 1. The number of benzene rings is 2. The second-order valence-electron chi connectivity index (χ2n) is 5.30. The summed E-state index contributed by atoms with van der Waals surface area (Å²) in [4.78, 5) is 24.1. The maximum Gasteiger partial charge on any atom is 0.293 e. The first-order valence-electron chi connectivity index (χ1n) is 7.23. The van der Waals surface area contributed by atoms with Gasteiger partial charge in [-0.2, -0.15) is 0 Å². The van der Waals surface area contributed by atoms with Gasteiger partial charge in [-0.1, -0.05) is 36.4 Å². The van der Waals surface area contributed by atoms with E-state index in [1.54, 1.807) is 36.4 Å². The quantitative estimate of drug-likeness (QED) is 0.456. The predicted molar refractivity (Wildman–Crippen MR) is 86.5 cm³/mol. The van der Waals surface area contributed by atoms with Gasteiger partial charge in [0.15, 0.2) is 11.5 Å². The molecule has 0 aliphatic carbocycles. The topological polar surface area (TPSA) is 95.9 Å². The molecule has 0 spiro atoms. The number of phenols is 1. The standard InChI is InChI=1S/C18H15NO5/c1-24-13-9-11(7-8-12(13)20)15-14(17(22)18(23)19-15)16(21)10-5-3-2-4-6-10/h2-9,15,20-21H,1H3,(H,19,23)/b16-14-. The van der Waals surface area contributed by atoms with Crippen LogP contribution in [0.15, 0.2) is 54.1 Å². The van der Waals surface area contributed by atoms with Crippen LogP contribution in [0, 0.1) is 0 Å². The molecule has 1 aliphatic rings. The van der Waals surface area contributed by atoms with Crippen LogP contribution < -0.4 is 10.1 Å². The number of hydrogen-bond donors (Lipinski definition) is 3. The third-order valence-corrected chi connectivity index (χ3v) is 3.85. The number of ether oxygens (including phenoxy) is 1. The highest BCUT2D eigenvalue weighted by Gasteiger charge is 2.39. The molecule has 1 amide bonds. The lowest BCUT2D eigenvalue weighted by Crippen LogP contribution is -2.21. The van der Waals surface area contributed by atoms with E-state index in [9.17, 15) is 19.8 Å². The summed E-state index contributed by atoms with van der Waals surface area (Å²) in [6.45, 7) is 0. The Hall–Kier alpha value is -3.28. The van der Waals surface area contributed by atoms with Gasteiger partial charge in [0.2, 0.25) is 0 Å². The van der Waals surface area contributed by atoms with Gasteiger partial charge in [0.25, 0.3) is 11.7 Å². The molecular weight excluding hydrogens is 310 g/mol. The van der Waals surface area contributed by atoms with Gasteiger partial charge >= 0.3 is 0 Å². The Kier molecular flexibility index (Phi) is 3.95. The highest BCUT2D eigenvalue weighted by Crippen LogP contribution is 2.36. The van der Waals surface area contributed by atoms with Crippen molar-refractivity contribution in [1.82, 2.24) is 5.32 Å². The van der Waals surface area contributed by atoms with Crippen molar-refractivity contribution < 1.29 is 24.5 Å². The Morgan fingerprint density at radius 1 is 1.12 bits per heavy atom. The summed E-state index contributed by atoms with van der Waals surface area (Å²) in [5.41, 5.74) is 0.924. The fraction of sp³-hybridized carbons (Fsp3) is 0.111. The minimum atomic E-state index is -0.820. The Morgan fingerprint density at radius 3 is 2.50 bits per heavy atom. The molecule has 3 N–H and O–H groups in total. The molecule has 1 unspecified atom stereocenters. The summed E-state index contributed by atoms with van der Waals surface area (Å²) in [6, 6.07) is 12.2. The molecule has 1 heterocycles. The fourth-order valence-corrected chi connectivity index (χ4v) is 2.64. The summed E-state index contributed by atoms with van der Waals surface area (Å²) in [6.07, 6.45) is 0. The number of ketones is 1. The average molecular weight is 325 g/mol. The summed E-state index contributed by atoms with van der Waals surface area (Å²) >= 11 is 0. The Labute approximate surface area is 138 Å². The zero-order chi connectivity index (χ0) is 17.3. The molecule has 0 bridgehead atoms. The second-order valence-corrected chi connectivity index (χ2v) is 5.30. The SMILES string of the molecule is COc1cc(C2NC(=O)C(=O)/C2=C(\O)c2ccccc2)ccc1O. The molecule has 1 fully saturated rings. The molecule has 1 atom stereocenters. The molecule has 122 valence electrons. The average Bonchev–Trinajstić information content (AvgIpc) is 2.90. The molecule has 1 saturated heterocycles. The van der Waals surface area contributed by atoms with Gasteiger partial charge in [-0.15, -0.1) is 0 Å². The molecular formula is C18H15NO5. The van der Waals surface area contributed by atoms with Gasteiger partial charge in [-0.05, 0) is 17.7 Å². The fourth-order valence-electron chi connectivity index (χ4n) is 2.64. The molecule has 1 aliphatic heterocycles. The van der Waals surface area contributed by atoms with Crippen LogP contribution in [0.2, 0.25) is 0 Å². The van der Waals surface area contributed by atoms with Crippen molar-refractivity contribution in [3.05, 3.63) is 65.2 Å². The van der Waals surface area contributed by atoms with E-state index >= 15 is 0 Å². The predicted octanol–water partition coefficient (Wildman–Crippen LogP) is 2.11. The van der Waals surface area contributed by atoms with Crippen LogP contribution in [-0.4, -0.2) is 29.0 Å². The Morgan fingerprint density at radius 2 is 1.83 bits per heavy atom. The first-order valence-corrected chi connectivity index (χ1v) is 7.23. The molecule has 3 rings (SSSR count). The lowest BCUT2D eigenvalue weighted by Gasteiger charge is -2.15. The van der Waals surface area contributed by atoms with Crippen molar-refractivity contribution in [1.29, 1.82) is 0 Å². The van der Waals surface area contributed by atoms with Gasteiger partial charge < -0.3 is 20.3 Å². The van der Waals surface area contributed by atoms with Gasteiger partial charge in [0.1, 0.15) is 5.76 Å². The van der Waals surface area contributed by atoms with E-state index < -0.39 is 17.7 Å². The number of Topliss-reactive ketones (excluding diaryl/α,β-unsaturated/α-hetero) is 1. The molecule has 0 saturated carbocycles. The summed E-state index contributed by atoms with van der Waals surface area (Å²) in [5, 5.41) is 22.7. The number of amides is 1. The molecule has 6 nitrogen and oxygen atoms in total. The van der Waals surface area contributed by atoms with Crippen molar-refractivity contribution in [3.8, 4) is 11.5 Å². The lowest BCUT2D eigenvalue weighted by molar-refractivity contribution is -0.133. The number of carbonyl (C=O) groups excluding carboxylic acids is 2. The van der Waals surface area contributed by atoms with Crippen LogP contribution in [0.25, 0.3) is 5.76 Å². The number of methoxy groups -OCH3 is 1. The third kappa shape index (κ3) is 2.58. The van der Waals surface area contributed by atoms with Crippen molar-refractivity contribution >= 4 is 17.4 Å². The van der Waals surface area contributed by atoms with E-state index in [0.29, 0.717) is 11.1 Å². The number of aromatic hydroxyl groups is 1. The molecule has 2 aromatic rings. The van der Waals surface area contributed by atoms with Gasteiger partial charge in [0, 0.05) is 5.56 Å². The maximum absolute atomic E-state index is 12.2. The second kappa shape index (κ2) is 6.08. The summed E-state index contributed by atoms with van der Waals surface area (Å²) in [7, 11) is 1.40. The Balaban J connectivity index is 2.13. The van der Waals surface area contributed by atoms with E-state index in [1.165, 1.54) is 19.2 Å². The number of aliphatic hydroxyl groups is 1. The molecule has 2 aromatic carbocycles. The van der Waals surface area contributed by atoms with Crippen molar-refractivity contribution in [3.63, 3.8) is 0 Å².